The van der Waals surface area contributed by atoms with Crippen LogP contribution in [0, 0.1) is 12.3 Å². The molecule has 9 nitrogen and oxygen atoms in total. The highest BCUT2D eigenvalue weighted by Crippen LogP contribution is 2.36. The lowest BCUT2D eigenvalue weighted by molar-refractivity contribution is -0.138. The van der Waals surface area contributed by atoms with Crippen LogP contribution in [0.3, 0.4) is 0 Å². The Hall–Kier alpha value is -4.53. The number of nitrogens with one attached hydrogen (secondary N) is 3. The van der Waals surface area contributed by atoms with Crippen molar-refractivity contribution < 1.29 is 37.1 Å². The predicted molar refractivity (Wildman–Crippen MR) is 127 cm³/mol. The van der Waals surface area contributed by atoms with Crippen molar-refractivity contribution in [1.82, 2.24) is 15.6 Å². The van der Waals surface area contributed by atoms with E-state index < -0.39 is 47.5 Å². The van der Waals surface area contributed by atoms with E-state index >= 15 is 0 Å². The Balaban J connectivity index is 2.14. The molecule has 0 radical (unpaired) electrons. The second-order valence-electron chi connectivity index (χ2n) is 7.63. The number of terminal acetylenes is 1. The molecule has 1 aromatic heterocycles. The number of aromatic amines is 1. The van der Waals surface area contributed by atoms with Gasteiger partial charge in [0.15, 0.2) is 6.04 Å². The van der Waals surface area contributed by atoms with Crippen LogP contribution in [0.2, 0.25) is 0 Å². The highest BCUT2D eigenvalue weighted by Gasteiger charge is 2.33. The van der Waals surface area contributed by atoms with E-state index in [1.807, 2.05) is 0 Å². The van der Waals surface area contributed by atoms with E-state index in [0.717, 1.165) is 12.1 Å². The third-order valence-electron chi connectivity index (χ3n) is 4.94. The summed E-state index contributed by atoms with van der Waals surface area (Å²) in [5.74, 6) is -0.865. The van der Waals surface area contributed by atoms with Gasteiger partial charge in [0.25, 0.3) is 11.8 Å². The number of esters is 1. The number of aromatic nitrogens is 1. The Morgan fingerprint density at radius 2 is 1.86 bits per heavy atom. The van der Waals surface area contributed by atoms with Crippen molar-refractivity contribution in [3.05, 3.63) is 59.8 Å². The van der Waals surface area contributed by atoms with Crippen LogP contribution in [0.15, 0.2) is 48.6 Å². The van der Waals surface area contributed by atoms with Gasteiger partial charge in [-0.2, -0.15) is 13.2 Å². The monoisotopic (exact) mass is 518 g/mol. The number of H-pyrrole nitrogens is 1. The third-order valence-corrected chi connectivity index (χ3v) is 4.94. The Labute approximate surface area is 210 Å². The average molecular weight is 518 g/mol. The Morgan fingerprint density at radius 3 is 2.49 bits per heavy atom. The number of carbonyl (C=O) groups excluding carboxylic acids is 4. The maximum Gasteiger partial charge on any atom is 0.417 e. The number of carbonyl (C=O) groups is 4. The van der Waals surface area contributed by atoms with E-state index in [-0.39, 0.29) is 36.4 Å². The summed E-state index contributed by atoms with van der Waals surface area (Å²) in [6, 6.07) is 5.07. The van der Waals surface area contributed by atoms with Crippen LogP contribution in [0.1, 0.15) is 35.8 Å². The fourth-order valence-electron chi connectivity index (χ4n) is 3.21. The number of benzene rings is 1. The molecule has 0 unspecified atom stereocenters. The summed E-state index contributed by atoms with van der Waals surface area (Å²) in [5.41, 5.74) is 4.00. The largest absolute Gasteiger partial charge is 0.463 e. The number of nitrogens with two attached hydrogens (primary N) is 1. The Kier molecular flexibility index (Phi) is 10.1. The minimum absolute atomic E-state index is 0.0374. The number of hydrogen-bond donors (Lipinski definition) is 4. The maximum atomic E-state index is 13.3. The SMILES string of the molecule is C#C[C@@H](NC(=O)c1ccc(-c2ccccc2C(F)(F)F)[nH]1)C(=O)N[C@@H](/C=C/C(=O)OCC)CCC(N)=O. The highest BCUT2D eigenvalue weighted by atomic mass is 19.4. The van der Waals surface area contributed by atoms with Gasteiger partial charge in [-0.3, -0.25) is 14.4 Å². The summed E-state index contributed by atoms with van der Waals surface area (Å²) in [6.45, 7) is 1.75. The molecule has 12 heteroatoms. The van der Waals surface area contributed by atoms with Crippen LogP contribution in [0.5, 0.6) is 0 Å². The van der Waals surface area contributed by atoms with Crippen molar-refractivity contribution in [2.75, 3.05) is 6.61 Å². The first-order chi connectivity index (χ1) is 17.5. The van der Waals surface area contributed by atoms with Crippen LogP contribution < -0.4 is 16.4 Å². The molecule has 0 aliphatic carbocycles. The molecule has 0 bridgehead atoms. The Bertz CT molecular complexity index is 1210. The van der Waals surface area contributed by atoms with Crippen molar-refractivity contribution >= 4 is 23.7 Å². The molecule has 0 saturated heterocycles. The number of hydrogen-bond acceptors (Lipinski definition) is 5. The lowest BCUT2D eigenvalue weighted by atomic mass is 10.0. The normalized spacial score (nSPS) is 12.8. The van der Waals surface area contributed by atoms with Crippen molar-refractivity contribution in [3.8, 4) is 23.6 Å². The maximum absolute atomic E-state index is 13.3. The first-order valence-corrected chi connectivity index (χ1v) is 11.0. The standard InChI is InChI=1S/C25H25F3N4O5/c1-3-18(23(35)30-15(9-13-21(29)33)10-14-22(34)37-4-2)32-24(36)20-12-11-19(31-20)16-7-5-6-8-17(16)25(26,27)28/h1,5-8,10-12,14-15,18,31H,4,9,13H2,2H3,(H2,29,33)(H,30,35)(H,32,36)/b14-10+/t15-,18-/m1/s1. The molecule has 1 aromatic carbocycles. The van der Waals surface area contributed by atoms with Gasteiger partial charge in [0, 0.05) is 29.8 Å². The molecular weight excluding hydrogens is 493 g/mol. The zero-order chi connectivity index (χ0) is 27.6. The summed E-state index contributed by atoms with van der Waals surface area (Å²) < 4.78 is 44.8. The third kappa shape index (κ3) is 8.57. The van der Waals surface area contributed by atoms with Crippen LogP contribution in [0.4, 0.5) is 13.2 Å². The van der Waals surface area contributed by atoms with E-state index in [2.05, 4.69) is 21.5 Å². The van der Waals surface area contributed by atoms with E-state index in [0.29, 0.717) is 0 Å². The molecular formula is C25H25F3N4O5. The second kappa shape index (κ2) is 13.0. The zero-order valence-electron chi connectivity index (χ0n) is 19.7. The minimum atomic E-state index is -4.61. The van der Waals surface area contributed by atoms with Gasteiger partial charge in [-0.25, -0.2) is 4.79 Å². The van der Waals surface area contributed by atoms with E-state index in [1.54, 1.807) is 6.92 Å². The second-order valence-corrected chi connectivity index (χ2v) is 7.63. The molecule has 37 heavy (non-hydrogen) atoms. The van der Waals surface area contributed by atoms with Crippen LogP contribution in [-0.2, 0) is 25.3 Å². The smallest absolute Gasteiger partial charge is 0.417 e. The van der Waals surface area contributed by atoms with Crippen LogP contribution in [0.25, 0.3) is 11.3 Å². The zero-order valence-corrected chi connectivity index (χ0v) is 19.7. The van der Waals surface area contributed by atoms with Gasteiger partial charge in [-0.1, -0.05) is 30.2 Å². The topological polar surface area (TPSA) is 143 Å². The minimum Gasteiger partial charge on any atom is -0.463 e. The number of primary amides is 1. The molecule has 0 aliphatic rings. The van der Waals surface area contributed by atoms with E-state index in [9.17, 15) is 32.3 Å². The van der Waals surface area contributed by atoms with Gasteiger partial charge in [0.1, 0.15) is 5.69 Å². The Morgan fingerprint density at radius 1 is 1.16 bits per heavy atom. The van der Waals surface area contributed by atoms with Crippen molar-refractivity contribution in [2.45, 2.75) is 38.0 Å². The molecule has 0 fully saturated rings. The number of amides is 3. The van der Waals surface area contributed by atoms with Crippen molar-refractivity contribution in [1.29, 1.82) is 0 Å². The average Bonchev–Trinajstić information content (AvgIpc) is 3.34. The van der Waals surface area contributed by atoms with Crippen molar-refractivity contribution in [3.63, 3.8) is 0 Å². The van der Waals surface area contributed by atoms with E-state index in [1.165, 1.54) is 36.4 Å². The molecule has 2 rings (SSSR count). The summed E-state index contributed by atoms with van der Waals surface area (Å²) in [6.07, 6.45) is 3.08. The lowest BCUT2D eigenvalue weighted by Gasteiger charge is -2.18. The van der Waals surface area contributed by atoms with Gasteiger partial charge in [0.05, 0.1) is 12.2 Å². The quantitative estimate of drug-likeness (QED) is 0.205. The molecule has 0 aliphatic heterocycles. The van der Waals surface area contributed by atoms with Crippen molar-refractivity contribution in [2.24, 2.45) is 5.73 Å². The van der Waals surface area contributed by atoms with Crippen LogP contribution in [-0.4, -0.2) is 47.4 Å². The molecule has 196 valence electrons. The number of ether oxygens (including phenoxy) is 1. The summed E-state index contributed by atoms with van der Waals surface area (Å²) in [5, 5.41) is 4.80. The fourth-order valence-corrected chi connectivity index (χ4v) is 3.21. The molecule has 2 atom stereocenters. The molecule has 0 spiro atoms. The molecule has 1 heterocycles. The van der Waals surface area contributed by atoms with Gasteiger partial charge in [-0.15, -0.1) is 6.42 Å². The summed E-state index contributed by atoms with van der Waals surface area (Å²) >= 11 is 0. The highest BCUT2D eigenvalue weighted by molar-refractivity contribution is 5.98. The van der Waals surface area contributed by atoms with Gasteiger partial charge < -0.3 is 26.1 Å². The molecule has 3 amide bonds. The van der Waals surface area contributed by atoms with E-state index in [4.69, 9.17) is 16.9 Å². The van der Waals surface area contributed by atoms with Gasteiger partial charge in [-0.05, 0) is 31.5 Å². The van der Waals surface area contributed by atoms with Crippen LogP contribution >= 0.6 is 0 Å². The summed E-state index contributed by atoms with van der Waals surface area (Å²) in [7, 11) is 0. The van der Waals surface area contributed by atoms with Gasteiger partial charge >= 0.3 is 12.1 Å². The number of halogens is 3. The summed E-state index contributed by atoms with van der Waals surface area (Å²) in [4.78, 5) is 50.7. The predicted octanol–water partition coefficient (Wildman–Crippen LogP) is 2.30. The number of alkyl halides is 3. The van der Waals surface area contributed by atoms with Gasteiger partial charge in [0.2, 0.25) is 5.91 Å². The first kappa shape index (κ1) is 28.7. The molecule has 5 N–H and O–H groups in total. The fraction of sp³-hybridized carbons (Fsp3) is 0.280. The lowest BCUT2D eigenvalue weighted by Crippen LogP contribution is -2.48. The first-order valence-electron chi connectivity index (χ1n) is 11.0. The molecule has 0 saturated carbocycles. The molecule has 2 aromatic rings. The number of rotatable bonds is 11.